The van der Waals surface area contributed by atoms with E-state index < -0.39 is 97.0 Å². The van der Waals surface area contributed by atoms with Crippen molar-refractivity contribution in [2.24, 2.45) is 11.8 Å². The third-order valence-electron chi connectivity index (χ3n) is 16.1. The highest BCUT2D eigenvalue weighted by Crippen LogP contribution is 2.30. The first-order chi connectivity index (χ1) is 56.8. The molecule has 118 heavy (non-hydrogen) atoms. The number of unbranched alkanes of at least 4 members (excludes halogenated alkanes) is 1. The number of aliphatic carboxylic acids is 1. The second-order valence-electron chi connectivity index (χ2n) is 25.3. The number of carboxylic acids is 1. The Morgan fingerprint density at radius 1 is 0.492 bits per heavy atom. The van der Waals surface area contributed by atoms with Gasteiger partial charge in [-0.05, 0) is 61.1 Å². The van der Waals surface area contributed by atoms with Gasteiger partial charge in [-0.25, -0.2) is 10.7 Å². The highest BCUT2D eigenvalue weighted by molar-refractivity contribution is 5.99. The minimum atomic E-state index is -1.96. The van der Waals surface area contributed by atoms with Gasteiger partial charge in [0.05, 0.1) is 169 Å². The number of Topliss-reactive ketones (excluding diaryl/α,β-unsaturated/α-hetero) is 2. The number of hydrogen-bond donors (Lipinski definition) is 12. The van der Waals surface area contributed by atoms with E-state index in [1.807, 2.05) is 0 Å². The van der Waals surface area contributed by atoms with Crippen LogP contribution in [0.5, 0.6) is 11.5 Å². The fourth-order valence-electron chi connectivity index (χ4n) is 10.2. The van der Waals surface area contributed by atoms with Gasteiger partial charge in [-0.3, -0.25) is 38.4 Å². The van der Waals surface area contributed by atoms with E-state index in [4.69, 9.17) is 110 Å². The molecule has 2 aromatic carbocycles. The van der Waals surface area contributed by atoms with E-state index in [0.717, 1.165) is 0 Å². The summed E-state index contributed by atoms with van der Waals surface area (Å²) in [6, 6.07) is 7.71. The molecule has 44 heteroatoms. The molecule has 13 N–H and O–H groups in total. The Kier molecular flexibility index (Phi) is 59.4. The normalized spacial score (nSPS) is 18.5. The smallest absolute Gasteiger partial charge is 0.373 e. The molecule has 4 amide bonds. The number of carbonyl (C=O) groups excluding carboxylic acids is 12. The van der Waals surface area contributed by atoms with Crippen LogP contribution in [0, 0.1) is 5.92 Å². The van der Waals surface area contributed by atoms with E-state index >= 15 is 0 Å². The number of esters is 2. The number of amides is 4. The lowest BCUT2D eigenvalue weighted by molar-refractivity contribution is -0.271. The Balaban J connectivity index is 0.00000762. The SMILES string of the molecule is CC(=O)OCc1ccc(O[C@@H]2OC[C@@H](O)[C@H](O)[C@H]2O)c(C(=O)CCCOCCOCCOCCOCCOCC(=O)N[C@@H](CCCCNC(=O)COCCOCCOCCOCCOCCNC(=O)c2cc(COC(C)=O)ccc2O[C@@H]2O[C@H](C(=O)O)[C@@H](O)[C@H](O)[C@H]2O)C(=O)C[C@@H](C)C(=O)NCCOCCOCCON)c1.O=C=O.O=C=O. The molecule has 11 atom stereocenters. The van der Waals surface area contributed by atoms with E-state index in [1.54, 1.807) is 13.0 Å². The molecule has 2 aliphatic rings. The molecule has 0 radical (unpaired) electrons. The van der Waals surface area contributed by atoms with Crippen LogP contribution in [0.25, 0.3) is 0 Å². The molecule has 0 saturated carbocycles. The van der Waals surface area contributed by atoms with Crippen molar-refractivity contribution < 1.29 is 188 Å². The molecule has 2 aromatic rings. The van der Waals surface area contributed by atoms with Gasteiger partial charge in [0.15, 0.2) is 17.7 Å². The number of aliphatic hydroxyl groups is 6. The van der Waals surface area contributed by atoms with Gasteiger partial charge in [0, 0.05) is 58.8 Å². The first kappa shape index (κ1) is 106. The van der Waals surface area contributed by atoms with Gasteiger partial charge < -0.3 is 147 Å². The summed E-state index contributed by atoms with van der Waals surface area (Å²) in [5, 5.41) is 81.2. The number of carbonyl (C=O) groups is 9. The molecule has 2 aliphatic heterocycles. The number of nitrogens with one attached hydrogen (secondary N) is 4. The average Bonchev–Trinajstić information content (AvgIpc) is 0.801. The van der Waals surface area contributed by atoms with E-state index in [1.165, 1.54) is 44.2 Å². The summed E-state index contributed by atoms with van der Waals surface area (Å²) in [4.78, 5) is 150. The van der Waals surface area contributed by atoms with Gasteiger partial charge in [-0.1, -0.05) is 19.1 Å². The third-order valence-corrected chi connectivity index (χ3v) is 16.1. The zero-order valence-corrected chi connectivity index (χ0v) is 66.2. The number of nitrogens with two attached hydrogens (primary N) is 1. The maximum atomic E-state index is 13.6. The number of ketones is 2. The summed E-state index contributed by atoms with van der Waals surface area (Å²) in [5.74, 6) is -1.23. The summed E-state index contributed by atoms with van der Waals surface area (Å²) in [6.07, 6.45) is -13.5. The largest absolute Gasteiger partial charge is 0.479 e. The summed E-state index contributed by atoms with van der Waals surface area (Å²) < 4.78 is 98.0. The molecule has 0 spiro atoms. The first-order valence-corrected chi connectivity index (χ1v) is 37.7. The number of hydrogen-bond acceptors (Lipinski definition) is 39. The number of benzene rings is 2. The highest BCUT2D eigenvalue weighted by atomic mass is 16.7. The summed E-state index contributed by atoms with van der Waals surface area (Å²) in [6.45, 7) is 8.49. The standard InChI is InChI=1S/C72H113N5O35.2CO2/c1-47(68(90)75-14-17-95-21-24-103-37-38-109-73)39-56(81)54(77-61(84)46-105-36-34-102-32-30-99-27-25-97-22-19-94-16-6-8-55(80)52-40-50(42-106-48(2)78)9-11-58(52)110-71-65(88)62(85)57(82)44-108-71)7-4-5-13-74-60(83)45-104-35-33-101-31-29-100-28-26-98-23-20-96-18-15-76-69(91)53-41-51(43-107-49(3)79)10-12-59(53)111-72-66(89)63(86)64(87)67(112-72)70(92)93;2*2-1-3/h9-12,40-41,47,54,57,62-67,71-72,82,85-89H,4-8,13-39,42-46,73H2,1-3H3,(H,74,83)(H,75,90)(H,76,91)(H,77,84)(H,92,93);;/t47-,54+,57-,62+,63+,64+,65-,66-,67+,71+,72-;;/m1../s1. The van der Waals surface area contributed by atoms with E-state index in [-0.39, 0.29) is 269 Å². The van der Waals surface area contributed by atoms with Crippen molar-refractivity contribution in [2.45, 2.75) is 134 Å². The van der Waals surface area contributed by atoms with Crippen molar-refractivity contribution in [2.75, 3.05) is 191 Å². The maximum absolute atomic E-state index is 13.6. The van der Waals surface area contributed by atoms with Crippen molar-refractivity contribution in [3.8, 4) is 11.5 Å². The molecule has 668 valence electrons. The number of aliphatic hydroxyl groups excluding tert-OH is 6. The molecular formula is C74H113N5O39. The van der Waals surface area contributed by atoms with Crippen molar-refractivity contribution in [3.05, 3.63) is 58.7 Å². The zero-order chi connectivity index (χ0) is 87.1. The zero-order valence-electron chi connectivity index (χ0n) is 66.2. The summed E-state index contributed by atoms with van der Waals surface area (Å²) in [7, 11) is 0. The lowest BCUT2D eigenvalue weighted by Crippen LogP contribution is -2.61. The molecule has 0 unspecified atom stereocenters. The van der Waals surface area contributed by atoms with E-state index in [9.17, 15) is 78.9 Å². The van der Waals surface area contributed by atoms with Crippen LogP contribution in [0.1, 0.15) is 91.1 Å². The van der Waals surface area contributed by atoms with Crippen LogP contribution in [-0.2, 0) is 147 Å². The molecule has 0 bridgehead atoms. The summed E-state index contributed by atoms with van der Waals surface area (Å²) >= 11 is 0. The van der Waals surface area contributed by atoms with Crippen LogP contribution in [-0.4, -0.2) is 354 Å². The van der Waals surface area contributed by atoms with Gasteiger partial charge in [-0.2, -0.15) is 19.2 Å². The predicted molar refractivity (Wildman–Crippen MR) is 394 cm³/mol. The van der Waals surface area contributed by atoms with Crippen LogP contribution in [0.4, 0.5) is 0 Å². The van der Waals surface area contributed by atoms with Crippen LogP contribution >= 0.6 is 0 Å². The lowest BCUT2D eigenvalue weighted by Gasteiger charge is -2.38. The Morgan fingerprint density at radius 3 is 1.42 bits per heavy atom. The molecule has 0 aromatic heterocycles. The first-order valence-electron chi connectivity index (χ1n) is 37.7. The quantitative estimate of drug-likeness (QED) is 0.0129. The van der Waals surface area contributed by atoms with Crippen molar-refractivity contribution in [1.82, 2.24) is 21.3 Å². The molecule has 2 saturated heterocycles. The van der Waals surface area contributed by atoms with E-state index in [0.29, 0.717) is 43.6 Å². The number of ether oxygens (including phenoxy) is 18. The van der Waals surface area contributed by atoms with Crippen LogP contribution in [0.3, 0.4) is 0 Å². The van der Waals surface area contributed by atoms with Gasteiger partial charge in [0.25, 0.3) is 5.91 Å². The van der Waals surface area contributed by atoms with Crippen molar-refractivity contribution >= 4 is 65.4 Å². The molecule has 2 heterocycles. The Morgan fingerprint density at radius 2 is 0.924 bits per heavy atom. The number of rotatable bonds is 65. The lowest BCUT2D eigenvalue weighted by atomic mass is 9.96. The van der Waals surface area contributed by atoms with Crippen LogP contribution in [0.2, 0.25) is 0 Å². The van der Waals surface area contributed by atoms with Crippen molar-refractivity contribution in [3.63, 3.8) is 0 Å². The van der Waals surface area contributed by atoms with Gasteiger partial charge in [-0.15, -0.1) is 0 Å². The highest BCUT2D eigenvalue weighted by Gasteiger charge is 2.48. The van der Waals surface area contributed by atoms with Gasteiger partial charge in [0.1, 0.15) is 74.6 Å². The third kappa shape index (κ3) is 48.0. The minimum absolute atomic E-state index is 0.0270. The predicted octanol–water partition coefficient (Wildman–Crippen LogP) is -4.30. The maximum Gasteiger partial charge on any atom is 0.373 e. The minimum Gasteiger partial charge on any atom is -0.479 e. The van der Waals surface area contributed by atoms with Crippen LogP contribution in [0.15, 0.2) is 36.4 Å². The average molecular weight is 1700 g/mol. The fourth-order valence-corrected chi connectivity index (χ4v) is 10.2. The van der Waals surface area contributed by atoms with Crippen LogP contribution < -0.4 is 36.6 Å². The summed E-state index contributed by atoms with van der Waals surface area (Å²) in [5.41, 5.74) is 0.940. The topological polar surface area (TPSA) is 613 Å². The second-order valence-corrected chi connectivity index (χ2v) is 25.3. The monoisotopic (exact) mass is 1700 g/mol. The van der Waals surface area contributed by atoms with E-state index in [2.05, 4.69) is 26.1 Å². The molecule has 2 fully saturated rings. The Bertz CT molecular complexity index is 3240. The fraction of sp³-hybridized carbons (Fsp3) is 0.689. The Hall–Kier alpha value is -8.45. The molecular weight excluding hydrogens is 1580 g/mol. The number of carboxylic acid groups (broad SMARTS) is 1. The Labute approximate surface area is 679 Å². The second kappa shape index (κ2) is 66.4. The van der Waals surface area contributed by atoms with Crippen molar-refractivity contribution in [1.29, 1.82) is 0 Å². The molecule has 44 nitrogen and oxygen atoms in total. The molecule has 0 aliphatic carbocycles. The molecule has 4 rings (SSSR count). The van der Waals surface area contributed by atoms with Gasteiger partial charge in [0.2, 0.25) is 30.3 Å². The van der Waals surface area contributed by atoms with Gasteiger partial charge >= 0.3 is 30.2 Å².